The molecule has 2 aromatic carbocycles. The number of fused-ring (bicyclic) bond motifs is 2. The molecular formula is C30H35N3O4. The maximum absolute atomic E-state index is 13.8. The zero-order chi connectivity index (χ0) is 26.1. The van der Waals surface area contributed by atoms with Gasteiger partial charge in [-0.1, -0.05) is 56.3 Å². The third-order valence-corrected chi connectivity index (χ3v) is 8.00. The molecule has 0 radical (unpaired) electrons. The Morgan fingerprint density at radius 2 is 1.59 bits per heavy atom. The summed E-state index contributed by atoms with van der Waals surface area (Å²) in [5.41, 5.74) is 2.99. The summed E-state index contributed by atoms with van der Waals surface area (Å²) in [5, 5.41) is 0. The van der Waals surface area contributed by atoms with Crippen molar-refractivity contribution in [1.29, 1.82) is 0 Å². The lowest BCUT2D eigenvalue weighted by molar-refractivity contribution is -0.144. The van der Waals surface area contributed by atoms with Gasteiger partial charge in [-0.2, -0.15) is 0 Å². The van der Waals surface area contributed by atoms with E-state index in [1.165, 1.54) is 5.56 Å². The Balaban J connectivity index is 1.29. The van der Waals surface area contributed by atoms with Gasteiger partial charge in [-0.15, -0.1) is 0 Å². The Kier molecular flexibility index (Phi) is 7.13. The van der Waals surface area contributed by atoms with Gasteiger partial charge in [0.1, 0.15) is 6.04 Å². The molecule has 0 N–H and O–H groups in total. The quantitative estimate of drug-likeness (QED) is 0.609. The van der Waals surface area contributed by atoms with E-state index < -0.39 is 12.0 Å². The van der Waals surface area contributed by atoms with E-state index >= 15 is 0 Å². The first-order chi connectivity index (χ1) is 17.8. The van der Waals surface area contributed by atoms with Gasteiger partial charge in [-0.05, 0) is 48.4 Å². The first-order valence-electron chi connectivity index (χ1n) is 13.4. The zero-order valence-electron chi connectivity index (χ0n) is 21.6. The first-order valence-corrected chi connectivity index (χ1v) is 13.4. The summed E-state index contributed by atoms with van der Waals surface area (Å²) in [6.07, 6.45) is 2.13. The maximum Gasteiger partial charge on any atom is 0.254 e. The fraction of sp³-hybridized carbons (Fsp3) is 0.467. The fourth-order valence-electron chi connectivity index (χ4n) is 6.21. The summed E-state index contributed by atoms with van der Waals surface area (Å²) in [5.74, 6) is -0.651. The molecule has 2 saturated heterocycles. The molecule has 0 aromatic heterocycles. The third kappa shape index (κ3) is 5.04. The average molecular weight is 502 g/mol. The Labute approximate surface area is 218 Å². The second kappa shape index (κ2) is 10.5. The van der Waals surface area contributed by atoms with E-state index in [1.54, 1.807) is 21.9 Å². The molecule has 5 rings (SSSR count). The average Bonchev–Trinajstić information content (AvgIpc) is 3.48. The summed E-state index contributed by atoms with van der Waals surface area (Å²) >= 11 is 0. The van der Waals surface area contributed by atoms with Gasteiger partial charge in [-0.25, -0.2) is 0 Å². The molecule has 3 aliphatic rings. The van der Waals surface area contributed by atoms with E-state index in [0.29, 0.717) is 38.0 Å². The van der Waals surface area contributed by atoms with Gasteiger partial charge in [0.15, 0.2) is 5.78 Å². The molecule has 3 atom stereocenters. The van der Waals surface area contributed by atoms with E-state index in [-0.39, 0.29) is 48.4 Å². The normalized spacial score (nSPS) is 21.7. The SMILES string of the molecule is CC(C)CC(CC(=O)N1CCc2ccccc2C1)C(=O)N1CCC2[C@H]1C(=O)CN2C(=O)c1ccccc1. The van der Waals surface area contributed by atoms with Crippen molar-refractivity contribution < 1.29 is 19.2 Å². The predicted molar refractivity (Wildman–Crippen MR) is 140 cm³/mol. The smallest absolute Gasteiger partial charge is 0.254 e. The number of hydrogen-bond acceptors (Lipinski definition) is 4. The molecule has 37 heavy (non-hydrogen) atoms. The van der Waals surface area contributed by atoms with Crippen LogP contribution in [0, 0.1) is 11.8 Å². The summed E-state index contributed by atoms with van der Waals surface area (Å²) in [6, 6.07) is 16.2. The largest absolute Gasteiger partial charge is 0.338 e. The van der Waals surface area contributed by atoms with Crippen LogP contribution in [0.15, 0.2) is 54.6 Å². The molecule has 7 heteroatoms. The number of benzene rings is 2. The van der Waals surface area contributed by atoms with Crippen molar-refractivity contribution in [3.63, 3.8) is 0 Å². The summed E-state index contributed by atoms with van der Waals surface area (Å²) in [7, 11) is 0. The van der Waals surface area contributed by atoms with Crippen LogP contribution in [-0.2, 0) is 27.3 Å². The van der Waals surface area contributed by atoms with Crippen molar-refractivity contribution in [3.8, 4) is 0 Å². The van der Waals surface area contributed by atoms with Crippen molar-refractivity contribution >= 4 is 23.5 Å². The molecule has 2 unspecified atom stereocenters. The van der Waals surface area contributed by atoms with Crippen LogP contribution in [0.4, 0.5) is 0 Å². The third-order valence-electron chi connectivity index (χ3n) is 8.00. The number of amides is 3. The van der Waals surface area contributed by atoms with E-state index in [2.05, 4.69) is 26.0 Å². The molecule has 0 aliphatic carbocycles. The van der Waals surface area contributed by atoms with Crippen LogP contribution < -0.4 is 0 Å². The van der Waals surface area contributed by atoms with Gasteiger partial charge in [0.2, 0.25) is 11.8 Å². The highest BCUT2D eigenvalue weighted by Crippen LogP contribution is 2.33. The fourth-order valence-corrected chi connectivity index (χ4v) is 6.21. The minimum absolute atomic E-state index is 0.0112. The molecule has 2 fully saturated rings. The predicted octanol–water partition coefficient (Wildman–Crippen LogP) is 3.32. The molecule has 3 aliphatic heterocycles. The number of likely N-dealkylation sites (tertiary alicyclic amines) is 2. The molecule has 3 heterocycles. The number of hydrogen-bond donors (Lipinski definition) is 0. The van der Waals surface area contributed by atoms with Gasteiger partial charge in [0.05, 0.1) is 12.6 Å². The number of nitrogens with zero attached hydrogens (tertiary/aromatic N) is 3. The highest BCUT2D eigenvalue weighted by molar-refractivity contribution is 6.02. The Bertz CT molecular complexity index is 1190. The summed E-state index contributed by atoms with van der Waals surface area (Å²) in [4.78, 5) is 58.5. The summed E-state index contributed by atoms with van der Waals surface area (Å²) in [6.45, 7) is 5.78. The number of carbonyl (C=O) groups excluding carboxylic acids is 4. The second-order valence-corrected chi connectivity index (χ2v) is 11.0. The molecule has 0 bridgehead atoms. The summed E-state index contributed by atoms with van der Waals surface area (Å²) < 4.78 is 0. The molecule has 194 valence electrons. The maximum atomic E-state index is 13.8. The van der Waals surface area contributed by atoms with Crippen LogP contribution in [0.2, 0.25) is 0 Å². The highest BCUT2D eigenvalue weighted by Gasteiger charge is 2.52. The van der Waals surface area contributed by atoms with Gasteiger partial charge < -0.3 is 14.7 Å². The van der Waals surface area contributed by atoms with Crippen LogP contribution in [0.5, 0.6) is 0 Å². The van der Waals surface area contributed by atoms with Crippen LogP contribution in [0.1, 0.15) is 54.6 Å². The van der Waals surface area contributed by atoms with Crippen molar-refractivity contribution in [2.24, 2.45) is 11.8 Å². The van der Waals surface area contributed by atoms with E-state index in [1.807, 2.05) is 35.2 Å². The molecule has 0 spiro atoms. The first kappa shape index (κ1) is 25.2. The van der Waals surface area contributed by atoms with Gasteiger partial charge in [0.25, 0.3) is 5.91 Å². The van der Waals surface area contributed by atoms with Crippen molar-refractivity contribution in [3.05, 3.63) is 71.3 Å². The van der Waals surface area contributed by atoms with Crippen molar-refractivity contribution in [1.82, 2.24) is 14.7 Å². The second-order valence-electron chi connectivity index (χ2n) is 11.0. The Hall–Kier alpha value is -3.48. The minimum atomic E-state index is -0.619. The van der Waals surface area contributed by atoms with Gasteiger partial charge >= 0.3 is 0 Å². The molecular weight excluding hydrogens is 466 g/mol. The van der Waals surface area contributed by atoms with Crippen LogP contribution in [0.25, 0.3) is 0 Å². The lowest BCUT2D eigenvalue weighted by Crippen LogP contribution is -2.47. The van der Waals surface area contributed by atoms with Crippen molar-refractivity contribution in [2.45, 2.75) is 58.2 Å². The molecule has 7 nitrogen and oxygen atoms in total. The lowest BCUT2D eigenvalue weighted by Gasteiger charge is -2.32. The van der Waals surface area contributed by atoms with Crippen molar-refractivity contribution in [2.75, 3.05) is 19.6 Å². The minimum Gasteiger partial charge on any atom is -0.338 e. The monoisotopic (exact) mass is 501 g/mol. The Morgan fingerprint density at radius 1 is 0.892 bits per heavy atom. The number of ketones is 1. The molecule has 2 aromatic rings. The van der Waals surface area contributed by atoms with Crippen LogP contribution >= 0.6 is 0 Å². The van der Waals surface area contributed by atoms with Gasteiger partial charge in [0, 0.05) is 37.5 Å². The Morgan fingerprint density at radius 3 is 2.32 bits per heavy atom. The van der Waals surface area contributed by atoms with Gasteiger partial charge in [-0.3, -0.25) is 19.2 Å². The topological polar surface area (TPSA) is 78.0 Å². The van der Waals surface area contributed by atoms with E-state index in [9.17, 15) is 19.2 Å². The van der Waals surface area contributed by atoms with E-state index in [4.69, 9.17) is 0 Å². The number of rotatable bonds is 6. The number of Topliss-reactive ketones (excluding diaryl/α,β-unsaturated/α-hetero) is 1. The molecule has 3 amide bonds. The molecule has 0 saturated carbocycles. The van der Waals surface area contributed by atoms with Crippen LogP contribution in [0.3, 0.4) is 0 Å². The number of carbonyl (C=O) groups is 4. The standard InChI is InChI=1S/C30H35N3O4/c1-20(2)16-24(17-27(35)31-14-12-21-8-6-7-11-23(21)18-31)30(37)32-15-13-25-28(32)26(34)19-33(25)29(36)22-9-4-3-5-10-22/h3-11,20,24-25,28H,12-19H2,1-2H3/t24?,25?,28-/m0/s1. The highest BCUT2D eigenvalue weighted by atomic mass is 16.2. The lowest BCUT2D eigenvalue weighted by atomic mass is 9.91. The van der Waals surface area contributed by atoms with Crippen LogP contribution in [-0.4, -0.2) is 69.9 Å². The zero-order valence-corrected chi connectivity index (χ0v) is 21.6. The van der Waals surface area contributed by atoms with E-state index in [0.717, 1.165) is 12.0 Å².